The average Bonchev–Trinajstić information content (AvgIpc) is 2.25. The molecule has 0 unspecified atom stereocenters. The maximum absolute atomic E-state index is 12.5. The van der Waals surface area contributed by atoms with Crippen molar-refractivity contribution in [2.24, 2.45) is 5.73 Å². The summed E-state index contributed by atoms with van der Waals surface area (Å²) in [6.07, 6.45) is -7.98. The molecule has 0 aliphatic rings. The molecule has 8 heteroatoms. The number of aromatic nitrogens is 1. The lowest BCUT2D eigenvalue weighted by Crippen LogP contribution is -2.16. The summed E-state index contributed by atoms with van der Waals surface area (Å²) in [4.78, 5) is 2.91. The van der Waals surface area contributed by atoms with Gasteiger partial charge in [0.1, 0.15) is 17.1 Å². The number of pyridine rings is 1. The topological polar surface area (TPSA) is 48.1 Å². The van der Waals surface area contributed by atoms with Gasteiger partial charge in [0.15, 0.2) is 0 Å². The van der Waals surface area contributed by atoms with Crippen LogP contribution in [0, 0.1) is 0 Å². The predicted molar refractivity (Wildman–Crippen MR) is 48.6 cm³/mol. The van der Waals surface area contributed by atoms with Crippen LogP contribution in [0.25, 0.3) is 0 Å². The molecule has 0 aromatic carbocycles. The Morgan fingerprint density at radius 2 is 2.00 bits per heavy atom. The van der Waals surface area contributed by atoms with E-state index in [1.165, 1.54) is 0 Å². The zero-order valence-electron chi connectivity index (χ0n) is 8.68. The molecular formula is C9H9F5N2O. The highest BCUT2D eigenvalue weighted by atomic mass is 19.4. The molecule has 0 aliphatic heterocycles. The van der Waals surface area contributed by atoms with Crippen LogP contribution in [0.2, 0.25) is 0 Å². The molecule has 1 rings (SSSR count). The Bertz CT molecular complexity index is 405. The van der Waals surface area contributed by atoms with Crippen LogP contribution < -0.4 is 10.5 Å². The number of ether oxygens (including phenoxy) is 1. The van der Waals surface area contributed by atoms with Crippen LogP contribution in [-0.4, -0.2) is 12.1 Å². The van der Waals surface area contributed by atoms with Gasteiger partial charge in [-0.15, -0.1) is 0 Å². The van der Waals surface area contributed by atoms with E-state index in [9.17, 15) is 22.0 Å². The largest absolute Gasteiger partial charge is 0.495 e. The summed E-state index contributed by atoms with van der Waals surface area (Å²) < 4.78 is 67.0. The Morgan fingerprint density at radius 1 is 1.41 bits per heavy atom. The summed E-state index contributed by atoms with van der Waals surface area (Å²) in [5.41, 5.74) is 2.27. The van der Waals surface area contributed by atoms with E-state index >= 15 is 0 Å². The number of methoxy groups -OCH3 is 1. The Morgan fingerprint density at radius 3 is 2.35 bits per heavy atom. The summed E-state index contributed by atoms with van der Waals surface area (Å²) in [5, 5.41) is 0. The lowest BCUT2D eigenvalue weighted by molar-refractivity contribution is -0.142. The monoisotopic (exact) mass is 256 g/mol. The molecule has 1 aromatic heterocycles. The van der Waals surface area contributed by atoms with E-state index in [4.69, 9.17) is 5.73 Å². The van der Waals surface area contributed by atoms with Gasteiger partial charge in [-0.1, -0.05) is 0 Å². The minimum atomic E-state index is -4.83. The molecule has 0 amide bonds. The minimum absolute atomic E-state index is 0.390. The molecule has 96 valence electrons. The van der Waals surface area contributed by atoms with Crippen molar-refractivity contribution in [2.45, 2.75) is 19.1 Å². The lowest BCUT2D eigenvalue weighted by atomic mass is 10.1. The van der Waals surface area contributed by atoms with E-state index in [1.54, 1.807) is 0 Å². The summed E-state index contributed by atoms with van der Waals surface area (Å²) in [6.45, 7) is -0.471. The zero-order chi connectivity index (χ0) is 13.2. The average molecular weight is 256 g/mol. The van der Waals surface area contributed by atoms with Crippen molar-refractivity contribution in [3.05, 3.63) is 23.0 Å². The molecule has 3 nitrogen and oxygen atoms in total. The van der Waals surface area contributed by atoms with Crippen LogP contribution in [0.5, 0.6) is 5.75 Å². The first-order valence-corrected chi connectivity index (χ1v) is 4.44. The van der Waals surface area contributed by atoms with Crippen molar-refractivity contribution in [1.82, 2.24) is 4.98 Å². The van der Waals surface area contributed by atoms with Gasteiger partial charge in [0, 0.05) is 12.1 Å². The minimum Gasteiger partial charge on any atom is -0.495 e. The maximum atomic E-state index is 12.5. The van der Waals surface area contributed by atoms with Crippen LogP contribution in [0.4, 0.5) is 22.0 Å². The Kier molecular flexibility index (Phi) is 3.87. The van der Waals surface area contributed by atoms with E-state index in [1.807, 2.05) is 0 Å². The summed E-state index contributed by atoms with van der Waals surface area (Å²) in [7, 11) is 1.07. The smallest absolute Gasteiger partial charge is 0.433 e. The van der Waals surface area contributed by atoms with Gasteiger partial charge in [0.25, 0.3) is 6.43 Å². The van der Waals surface area contributed by atoms with Crippen LogP contribution in [0.15, 0.2) is 6.07 Å². The predicted octanol–water partition coefficient (Wildman–Crippen LogP) is 2.51. The normalized spacial score (nSPS) is 12.0. The Balaban J connectivity index is 3.45. The molecule has 0 fully saturated rings. The third-order valence-corrected chi connectivity index (χ3v) is 2.01. The van der Waals surface area contributed by atoms with Crippen LogP contribution in [-0.2, 0) is 12.7 Å². The van der Waals surface area contributed by atoms with Crippen LogP contribution >= 0.6 is 0 Å². The standard InChI is InChI=1S/C9H9F5N2O/c1-17-5-2-4(3-15)7(9(12,13)14)16-6(5)8(10)11/h2,8H,3,15H2,1H3. The highest BCUT2D eigenvalue weighted by Gasteiger charge is 2.37. The van der Waals surface area contributed by atoms with Gasteiger partial charge in [-0.3, -0.25) is 0 Å². The third kappa shape index (κ3) is 2.82. The molecule has 0 spiro atoms. The molecule has 0 aliphatic carbocycles. The van der Waals surface area contributed by atoms with Crippen LogP contribution in [0.1, 0.15) is 23.4 Å². The fraction of sp³-hybridized carbons (Fsp3) is 0.444. The van der Waals surface area contributed by atoms with E-state index in [-0.39, 0.29) is 0 Å². The van der Waals surface area contributed by atoms with Gasteiger partial charge in [-0.25, -0.2) is 13.8 Å². The SMILES string of the molecule is COc1cc(CN)c(C(F)(F)F)nc1C(F)F. The van der Waals surface area contributed by atoms with Crippen molar-refractivity contribution in [2.75, 3.05) is 7.11 Å². The van der Waals surface area contributed by atoms with Gasteiger partial charge in [0.05, 0.1) is 7.11 Å². The lowest BCUT2D eigenvalue weighted by Gasteiger charge is -2.15. The number of hydrogen-bond acceptors (Lipinski definition) is 3. The number of rotatable bonds is 3. The number of alkyl halides is 5. The van der Waals surface area contributed by atoms with Gasteiger partial charge >= 0.3 is 6.18 Å². The van der Waals surface area contributed by atoms with Gasteiger partial charge in [0.2, 0.25) is 0 Å². The molecule has 0 saturated carbocycles. The first kappa shape index (κ1) is 13.6. The van der Waals surface area contributed by atoms with E-state index in [0.29, 0.717) is 0 Å². The molecule has 0 atom stereocenters. The highest BCUT2D eigenvalue weighted by molar-refractivity contribution is 5.37. The fourth-order valence-electron chi connectivity index (χ4n) is 1.27. The van der Waals surface area contributed by atoms with Crippen molar-refractivity contribution in [3.63, 3.8) is 0 Å². The van der Waals surface area contributed by atoms with Crippen molar-refractivity contribution in [1.29, 1.82) is 0 Å². The number of hydrogen-bond donors (Lipinski definition) is 1. The van der Waals surface area contributed by atoms with Gasteiger partial charge < -0.3 is 10.5 Å². The van der Waals surface area contributed by atoms with Crippen LogP contribution in [0.3, 0.4) is 0 Å². The second-order valence-electron chi connectivity index (χ2n) is 3.09. The van der Waals surface area contributed by atoms with E-state index in [0.717, 1.165) is 13.2 Å². The van der Waals surface area contributed by atoms with Gasteiger partial charge in [-0.05, 0) is 6.07 Å². The summed E-state index contributed by atoms with van der Waals surface area (Å²) >= 11 is 0. The van der Waals surface area contributed by atoms with Crippen molar-refractivity contribution < 1.29 is 26.7 Å². The molecule has 0 bridgehead atoms. The zero-order valence-corrected chi connectivity index (χ0v) is 8.68. The molecule has 2 N–H and O–H groups in total. The molecule has 0 saturated heterocycles. The first-order valence-electron chi connectivity index (χ1n) is 4.44. The second-order valence-corrected chi connectivity index (χ2v) is 3.09. The molecule has 1 heterocycles. The quantitative estimate of drug-likeness (QED) is 0.845. The second kappa shape index (κ2) is 4.82. The number of nitrogens with zero attached hydrogens (tertiary/aromatic N) is 1. The molecule has 0 radical (unpaired) electrons. The van der Waals surface area contributed by atoms with Crippen molar-refractivity contribution in [3.8, 4) is 5.75 Å². The maximum Gasteiger partial charge on any atom is 0.433 e. The van der Waals surface area contributed by atoms with E-state index in [2.05, 4.69) is 9.72 Å². The molecule has 1 aromatic rings. The molecule has 17 heavy (non-hydrogen) atoms. The summed E-state index contributed by atoms with van der Waals surface area (Å²) in [5.74, 6) is -0.409. The fourth-order valence-corrected chi connectivity index (χ4v) is 1.27. The molecular weight excluding hydrogens is 247 g/mol. The van der Waals surface area contributed by atoms with Crippen molar-refractivity contribution >= 4 is 0 Å². The summed E-state index contributed by atoms with van der Waals surface area (Å²) in [6, 6.07) is 0.831. The number of halogens is 5. The Labute approximate surface area is 93.4 Å². The first-order chi connectivity index (χ1) is 7.81. The van der Waals surface area contributed by atoms with Gasteiger partial charge in [-0.2, -0.15) is 13.2 Å². The third-order valence-electron chi connectivity index (χ3n) is 2.01. The highest BCUT2D eigenvalue weighted by Crippen LogP contribution is 2.36. The number of nitrogens with two attached hydrogens (primary N) is 1. The van der Waals surface area contributed by atoms with E-state index < -0.39 is 41.8 Å². The Hall–Kier alpha value is -1.44.